The predicted octanol–water partition coefficient (Wildman–Crippen LogP) is 0.766. The van der Waals surface area contributed by atoms with Crippen LogP contribution in [0.15, 0.2) is 24.3 Å². The minimum Gasteiger partial charge on any atom is -0.340 e. The van der Waals surface area contributed by atoms with Crippen LogP contribution in [0.3, 0.4) is 0 Å². The van der Waals surface area contributed by atoms with Crippen LogP contribution in [0.4, 0.5) is 0 Å². The fraction of sp³-hybridized carbons (Fsp3) is 0.591. The van der Waals surface area contributed by atoms with E-state index in [9.17, 15) is 14.4 Å². The van der Waals surface area contributed by atoms with E-state index in [0.717, 1.165) is 31.5 Å². The SMILES string of the molecule is Cc1ccc(CN2CC(C(=O)N3CCCC(N4CCNCC4=O)C3)CC2=O)cc1. The Balaban J connectivity index is 1.35. The van der Waals surface area contributed by atoms with Gasteiger partial charge in [-0.1, -0.05) is 29.8 Å². The second kappa shape index (κ2) is 8.53. The molecule has 0 aromatic heterocycles. The molecule has 3 heterocycles. The second-order valence-electron chi connectivity index (χ2n) is 8.51. The number of rotatable bonds is 4. The maximum absolute atomic E-state index is 13.1. The van der Waals surface area contributed by atoms with Gasteiger partial charge >= 0.3 is 0 Å². The van der Waals surface area contributed by atoms with Crippen LogP contribution in [0.5, 0.6) is 0 Å². The van der Waals surface area contributed by atoms with Crippen molar-refractivity contribution < 1.29 is 14.4 Å². The smallest absolute Gasteiger partial charge is 0.236 e. The molecule has 2 atom stereocenters. The van der Waals surface area contributed by atoms with Crippen molar-refractivity contribution in [1.82, 2.24) is 20.0 Å². The van der Waals surface area contributed by atoms with Crippen molar-refractivity contribution >= 4 is 17.7 Å². The summed E-state index contributed by atoms with van der Waals surface area (Å²) in [6, 6.07) is 8.27. The average molecular weight is 399 g/mol. The molecule has 0 aliphatic carbocycles. The molecule has 1 aromatic rings. The summed E-state index contributed by atoms with van der Waals surface area (Å²) in [5, 5.41) is 3.10. The topological polar surface area (TPSA) is 73.0 Å². The Hall–Kier alpha value is -2.41. The fourth-order valence-electron chi connectivity index (χ4n) is 4.68. The number of carbonyl (C=O) groups excluding carboxylic acids is 3. The molecule has 4 rings (SSSR count). The van der Waals surface area contributed by atoms with Gasteiger partial charge in [0.05, 0.1) is 12.5 Å². The van der Waals surface area contributed by atoms with Crippen LogP contribution in [0.2, 0.25) is 0 Å². The van der Waals surface area contributed by atoms with Gasteiger partial charge in [0.15, 0.2) is 0 Å². The Morgan fingerprint density at radius 3 is 2.66 bits per heavy atom. The molecule has 3 saturated heterocycles. The zero-order valence-corrected chi connectivity index (χ0v) is 17.1. The zero-order valence-electron chi connectivity index (χ0n) is 17.1. The van der Waals surface area contributed by atoms with E-state index < -0.39 is 0 Å². The van der Waals surface area contributed by atoms with Crippen LogP contribution >= 0.6 is 0 Å². The second-order valence-corrected chi connectivity index (χ2v) is 8.51. The van der Waals surface area contributed by atoms with Gasteiger partial charge in [0.1, 0.15) is 0 Å². The molecule has 7 nitrogen and oxygen atoms in total. The van der Waals surface area contributed by atoms with E-state index in [1.807, 2.05) is 41.0 Å². The maximum Gasteiger partial charge on any atom is 0.236 e. The van der Waals surface area contributed by atoms with E-state index in [2.05, 4.69) is 5.32 Å². The molecule has 0 bridgehead atoms. The quantitative estimate of drug-likeness (QED) is 0.813. The van der Waals surface area contributed by atoms with E-state index in [0.29, 0.717) is 39.1 Å². The van der Waals surface area contributed by atoms with Gasteiger partial charge in [0.2, 0.25) is 17.7 Å². The van der Waals surface area contributed by atoms with Gasteiger partial charge in [-0.05, 0) is 25.3 Å². The van der Waals surface area contributed by atoms with Gasteiger partial charge in [-0.15, -0.1) is 0 Å². The molecule has 1 N–H and O–H groups in total. The van der Waals surface area contributed by atoms with E-state index in [-0.39, 0.29) is 29.7 Å². The molecule has 0 radical (unpaired) electrons. The lowest BCUT2D eigenvalue weighted by atomic mass is 10.00. The third-order valence-corrected chi connectivity index (χ3v) is 6.33. The summed E-state index contributed by atoms with van der Waals surface area (Å²) >= 11 is 0. The Morgan fingerprint density at radius 1 is 1.10 bits per heavy atom. The summed E-state index contributed by atoms with van der Waals surface area (Å²) in [4.78, 5) is 43.5. The van der Waals surface area contributed by atoms with Crippen LogP contribution in [0.25, 0.3) is 0 Å². The molecule has 3 aliphatic rings. The number of amides is 3. The van der Waals surface area contributed by atoms with Crippen molar-refractivity contribution in [2.45, 2.75) is 38.8 Å². The van der Waals surface area contributed by atoms with Crippen molar-refractivity contribution in [2.75, 3.05) is 39.3 Å². The number of piperazine rings is 1. The molecule has 0 spiro atoms. The summed E-state index contributed by atoms with van der Waals surface area (Å²) in [7, 11) is 0. The van der Waals surface area contributed by atoms with Crippen molar-refractivity contribution in [2.24, 2.45) is 5.92 Å². The number of aryl methyl sites for hydroxylation is 1. The first kappa shape index (κ1) is 19.9. The van der Waals surface area contributed by atoms with Crippen LogP contribution in [-0.4, -0.2) is 77.7 Å². The standard InChI is InChI=1S/C22H30N4O3/c1-16-4-6-17(7-5-16)13-25-14-18(11-20(25)27)22(29)24-9-2-3-19(15-24)26-10-8-23-12-21(26)28/h4-7,18-19,23H,2-3,8-15H2,1H3. The first-order valence-electron chi connectivity index (χ1n) is 10.6. The van der Waals surface area contributed by atoms with Gasteiger partial charge in [-0.2, -0.15) is 0 Å². The third kappa shape index (κ3) is 4.45. The monoisotopic (exact) mass is 398 g/mol. The summed E-state index contributed by atoms with van der Waals surface area (Å²) < 4.78 is 0. The number of hydrogen-bond donors (Lipinski definition) is 1. The van der Waals surface area contributed by atoms with Crippen LogP contribution < -0.4 is 5.32 Å². The Morgan fingerprint density at radius 2 is 1.90 bits per heavy atom. The Kier molecular flexibility index (Phi) is 5.85. The lowest BCUT2D eigenvalue weighted by Crippen LogP contribution is -2.58. The van der Waals surface area contributed by atoms with Gasteiger partial charge in [-0.25, -0.2) is 0 Å². The number of hydrogen-bond acceptors (Lipinski definition) is 4. The number of benzene rings is 1. The molecule has 3 fully saturated rings. The molecule has 1 aromatic carbocycles. The molecule has 3 aliphatic heterocycles. The lowest BCUT2D eigenvalue weighted by Gasteiger charge is -2.41. The van der Waals surface area contributed by atoms with Crippen molar-refractivity contribution in [3.63, 3.8) is 0 Å². The molecular weight excluding hydrogens is 368 g/mol. The molecule has 7 heteroatoms. The Labute approximate surface area is 172 Å². The summed E-state index contributed by atoms with van der Waals surface area (Å²) in [5.74, 6) is -0.0342. The van der Waals surface area contributed by atoms with E-state index in [4.69, 9.17) is 0 Å². The number of nitrogens with zero attached hydrogens (tertiary/aromatic N) is 3. The number of piperidine rings is 1. The average Bonchev–Trinajstić information content (AvgIpc) is 3.10. The van der Waals surface area contributed by atoms with Crippen LogP contribution in [-0.2, 0) is 20.9 Å². The summed E-state index contributed by atoms with van der Waals surface area (Å²) in [6.45, 7) is 6.29. The van der Waals surface area contributed by atoms with Gasteiger partial charge in [0, 0.05) is 51.7 Å². The van der Waals surface area contributed by atoms with Crippen LogP contribution in [0.1, 0.15) is 30.4 Å². The summed E-state index contributed by atoms with van der Waals surface area (Å²) in [5.41, 5.74) is 2.28. The highest BCUT2D eigenvalue weighted by Crippen LogP contribution is 2.25. The molecule has 2 unspecified atom stereocenters. The van der Waals surface area contributed by atoms with Gasteiger partial charge < -0.3 is 20.0 Å². The van der Waals surface area contributed by atoms with Gasteiger partial charge in [-0.3, -0.25) is 14.4 Å². The number of carbonyl (C=O) groups is 3. The first-order chi connectivity index (χ1) is 14.0. The first-order valence-corrected chi connectivity index (χ1v) is 10.6. The van der Waals surface area contributed by atoms with Crippen molar-refractivity contribution in [3.8, 4) is 0 Å². The van der Waals surface area contributed by atoms with E-state index >= 15 is 0 Å². The lowest BCUT2D eigenvalue weighted by molar-refractivity contribution is -0.142. The third-order valence-electron chi connectivity index (χ3n) is 6.33. The molecular formula is C22H30N4O3. The van der Waals surface area contributed by atoms with Crippen LogP contribution in [0, 0.1) is 12.8 Å². The van der Waals surface area contributed by atoms with Gasteiger partial charge in [0.25, 0.3) is 0 Å². The van der Waals surface area contributed by atoms with Crippen molar-refractivity contribution in [3.05, 3.63) is 35.4 Å². The zero-order chi connectivity index (χ0) is 20.4. The number of likely N-dealkylation sites (tertiary alicyclic amines) is 2. The number of nitrogens with one attached hydrogen (secondary N) is 1. The Bertz CT molecular complexity index is 779. The molecule has 156 valence electrons. The minimum absolute atomic E-state index is 0.0507. The maximum atomic E-state index is 13.1. The fourth-order valence-corrected chi connectivity index (χ4v) is 4.68. The largest absolute Gasteiger partial charge is 0.340 e. The predicted molar refractivity (Wildman–Crippen MR) is 109 cm³/mol. The highest BCUT2D eigenvalue weighted by Gasteiger charge is 2.39. The van der Waals surface area contributed by atoms with E-state index in [1.54, 1.807) is 4.90 Å². The molecule has 3 amide bonds. The highest BCUT2D eigenvalue weighted by molar-refractivity contribution is 5.89. The van der Waals surface area contributed by atoms with Crippen molar-refractivity contribution in [1.29, 1.82) is 0 Å². The molecule has 0 saturated carbocycles. The highest BCUT2D eigenvalue weighted by atomic mass is 16.2. The normalized spacial score (nSPS) is 25.6. The molecule has 29 heavy (non-hydrogen) atoms. The summed E-state index contributed by atoms with van der Waals surface area (Å²) in [6.07, 6.45) is 2.14. The van der Waals surface area contributed by atoms with E-state index in [1.165, 1.54) is 5.56 Å². The minimum atomic E-state index is -0.273.